The van der Waals surface area contributed by atoms with E-state index in [9.17, 15) is 9.59 Å². The highest BCUT2D eigenvalue weighted by molar-refractivity contribution is 5.80. The van der Waals surface area contributed by atoms with Crippen LogP contribution in [0, 0.1) is 0 Å². The predicted octanol–water partition coefficient (Wildman–Crippen LogP) is 2.10. The fourth-order valence-electron chi connectivity index (χ4n) is 1.87. The lowest BCUT2D eigenvalue weighted by atomic mass is 10.2. The molecule has 4 atom stereocenters. The molecule has 0 bridgehead atoms. The van der Waals surface area contributed by atoms with Gasteiger partial charge in [0.25, 0.3) is 0 Å². The maximum Gasteiger partial charge on any atom is 0.249 e. The van der Waals surface area contributed by atoms with Crippen molar-refractivity contribution in [2.75, 3.05) is 20.3 Å². The second-order valence-corrected chi connectivity index (χ2v) is 5.97. The molecule has 1 amide bonds. The zero-order valence-electron chi connectivity index (χ0n) is 15.2. The van der Waals surface area contributed by atoms with Gasteiger partial charge in [-0.05, 0) is 47.0 Å². The molecular weight excluding hydrogens is 298 g/mol. The van der Waals surface area contributed by atoms with E-state index in [1.807, 2.05) is 20.8 Å². The Hall–Kier alpha value is -0.980. The van der Waals surface area contributed by atoms with Gasteiger partial charge in [-0.2, -0.15) is 0 Å². The highest BCUT2D eigenvalue weighted by Crippen LogP contribution is 2.03. The minimum atomic E-state index is -0.478. The third-order valence-electron chi connectivity index (χ3n) is 3.70. The first-order valence-electron chi connectivity index (χ1n) is 8.40. The Morgan fingerprint density at radius 3 is 2.26 bits per heavy atom. The number of nitrogens with one attached hydrogen (secondary N) is 1. The summed E-state index contributed by atoms with van der Waals surface area (Å²) in [6, 6.07) is 0.0183. The number of carbonyl (C=O) groups excluding carboxylic acids is 2. The molecule has 0 heterocycles. The predicted molar refractivity (Wildman–Crippen MR) is 89.4 cm³/mol. The van der Waals surface area contributed by atoms with Gasteiger partial charge in [-0.3, -0.25) is 4.79 Å². The van der Waals surface area contributed by atoms with Gasteiger partial charge >= 0.3 is 0 Å². The molecular formula is C17H33NO5. The van der Waals surface area contributed by atoms with Crippen LogP contribution in [0.25, 0.3) is 0 Å². The fourth-order valence-corrected chi connectivity index (χ4v) is 1.87. The molecule has 0 spiro atoms. The number of hydrogen-bond donors (Lipinski definition) is 1. The Morgan fingerprint density at radius 2 is 1.65 bits per heavy atom. The lowest BCUT2D eigenvalue weighted by Gasteiger charge is -2.19. The lowest BCUT2D eigenvalue weighted by molar-refractivity contribution is -0.133. The Bertz CT molecular complexity index is 324. The van der Waals surface area contributed by atoms with Crippen molar-refractivity contribution in [3.05, 3.63) is 0 Å². The molecule has 0 aromatic rings. The van der Waals surface area contributed by atoms with Crippen molar-refractivity contribution in [2.24, 2.45) is 0 Å². The second-order valence-electron chi connectivity index (χ2n) is 5.97. The van der Waals surface area contributed by atoms with E-state index in [0.29, 0.717) is 19.6 Å². The summed E-state index contributed by atoms with van der Waals surface area (Å²) in [5.74, 6) is -0.114. The second kappa shape index (κ2) is 13.5. The van der Waals surface area contributed by atoms with Gasteiger partial charge in [0.05, 0.1) is 18.8 Å². The Balaban J connectivity index is 3.80. The number of methoxy groups -OCH3 is 1. The van der Waals surface area contributed by atoms with Crippen molar-refractivity contribution >= 4 is 12.2 Å². The molecule has 0 radical (unpaired) electrons. The van der Waals surface area contributed by atoms with Gasteiger partial charge in [-0.25, -0.2) is 0 Å². The van der Waals surface area contributed by atoms with Crippen molar-refractivity contribution in [1.82, 2.24) is 5.32 Å². The Labute approximate surface area is 140 Å². The molecule has 6 heteroatoms. The van der Waals surface area contributed by atoms with Crippen LogP contribution in [-0.2, 0) is 23.8 Å². The Kier molecular flexibility index (Phi) is 12.9. The summed E-state index contributed by atoms with van der Waals surface area (Å²) in [5, 5.41) is 2.92. The topological polar surface area (TPSA) is 73.9 Å². The van der Waals surface area contributed by atoms with Crippen LogP contribution in [0.2, 0.25) is 0 Å². The molecule has 0 rings (SSSR count). The molecule has 0 fully saturated rings. The lowest BCUT2D eigenvalue weighted by Crippen LogP contribution is -2.40. The highest BCUT2D eigenvalue weighted by Gasteiger charge is 2.16. The summed E-state index contributed by atoms with van der Waals surface area (Å²) in [4.78, 5) is 22.3. The zero-order chi connectivity index (χ0) is 17.7. The molecule has 0 aromatic carbocycles. The molecule has 4 unspecified atom stereocenters. The minimum absolute atomic E-state index is 0.0183. The van der Waals surface area contributed by atoms with Gasteiger partial charge in [-0.15, -0.1) is 0 Å². The number of rotatable bonds is 14. The van der Waals surface area contributed by atoms with Gasteiger partial charge in [0.2, 0.25) is 5.91 Å². The standard InChI is InChI=1S/C17H33NO5/c1-13(8-11-22-15(3)7-6-10-19)18-17(20)16(4)23-12-9-14(2)21-5/h10,13-16H,6-9,11-12H2,1-5H3,(H,18,20). The first-order valence-corrected chi connectivity index (χ1v) is 8.40. The molecule has 136 valence electrons. The summed E-state index contributed by atoms with van der Waals surface area (Å²) in [7, 11) is 1.66. The van der Waals surface area contributed by atoms with Crippen molar-refractivity contribution in [3.8, 4) is 0 Å². The van der Waals surface area contributed by atoms with Crippen molar-refractivity contribution in [2.45, 2.75) is 77.7 Å². The number of carbonyl (C=O) groups is 2. The number of aldehydes is 1. The van der Waals surface area contributed by atoms with Gasteiger partial charge in [0.1, 0.15) is 12.4 Å². The molecule has 6 nitrogen and oxygen atoms in total. The number of hydrogen-bond acceptors (Lipinski definition) is 5. The summed E-state index contributed by atoms with van der Waals surface area (Å²) in [6.45, 7) is 8.65. The number of amides is 1. The van der Waals surface area contributed by atoms with E-state index in [4.69, 9.17) is 14.2 Å². The normalized spacial score (nSPS) is 16.4. The van der Waals surface area contributed by atoms with E-state index in [2.05, 4.69) is 5.32 Å². The minimum Gasteiger partial charge on any atom is -0.382 e. The molecule has 1 N–H and O–H groups in total. The van der Waals surface area contributed by atoms with Crippen LogP contribution < -0.4 is 5.32 Å². The highest BCUT2D eigenvalue weighted by atomic mass is 16.5. The zero-order valence-corrected chi connectivity index (χ0v) is 15.2. The third kappa shape index (κ3) is 12.1. The van der Waals surface area contributed by atoms with E-state index >= 15 is 0 Å². The van der Waals surface area contributed by atoms with Gasteiger partial charge in [0.15, 0.2) is 0 Å². The van der Waals surface area contributed by atoms with E-state index < -0.39 is 6.10 Å². The van der Waals surface area contributed by atoms with Gasteiger partial charge < -0.3 is 24.3 Å². The summed E-state index contributed by atoms with van der Waals surface area (Å²) >= 11 is 0. The van der Waals surface area contributed by atoms with E-state index in [1.54, 1.807) is 14.0 Å². The van der Waals surface area contributed by atoms with Gasteiger partial charge in [0, 0.05) is 26.2 Å². The smallest absolute Gasteiger partial charge is 0.249 e. The van der Waals surface area contributed by atoms with Crippen LogP contribution in [0.15, 0.2) is 0 Å². The molecule has 0 aromatic heterocycles. The maximum absolute atomic E-state index is 12.0. The van der Waals surface area contributed by atoms with Crippen LogP contribution >= 0.6 is 0 Å². The van der Waals surface area contributed by atoms with Crippen LogP contribution in [0.4, 0.5) is 0 Å². The molecule has 0 aliphatic rings. The SMILES string of the molecule is COC(C)CCOC(C)C(=O)NC(C)CCOC(C)CCC=O. The van der Waals surface area contributed by atoms with E-state index in [1.165, 1.54) is 0 Å². The quantitative estimate of drug-likeness (QED) is 0.493. The first kappa shape index (κ1) is 22.0. The number of ether oxygens (including phenoxy) is 3. The monoisotopic (exact) mass is 331 g/mol. The third-order valence-corrected chi connectivity index (χ3v) is 3.70. The van der Waals surface area contributed by atoms with Crippen molar-refractivity contribution < 1.29 is 23.8 Å². The molecule has 0 saturated heterocycles. The summed E-state index contributed by atoms with van der Waals surface area (Å²) in [6.07, 6.45) is 3.35. The van der Waals surface area contributed by atoms with Crippen LogP contribution in [0.3, 0.4) is 0 Å². The average molecular weight is 331 g/mol. The van der Waals surface area contributed by atoms with Crippen molar-refractivity contribution in [3.63, 3.8) is 0 Å². The van der Waals surface area contributed by atoms with Crippen LogP contribution in [0.5, 0.6) is 0 Å². The molecule has 0 aliphatic heterocycles. The fraction of sp³-hybridized carbons (Fsp3) is 0.882. The Morgan fingerprint density at radius 1 is 1.00 bits per heavy atom. The molecule has 0 aliphatic carbocycles. The summed E-state index contributed by atoms with van der Waals surface area (Å²) < 4.78 is 16.2. The van der Waals surface area contributed by atoms with Crippen molar-refractivity contribution in [1.29, 1.82) is 0 Å². The summed E-state index contributed by atoms with van der Waals surface area (Å²) in [5.41, 5.74) is 0. The first-order chi connectivity index (χ1) is 10.9. The van der Waals surface area contributed by atoms with Crippen LogP contribution in [-0.4, -0.2) is 56.9 Å². The molecule has 23 heavy (non-hydrogen) atoms. The van der Waals surface area contributed by atoms with Gasteiger partial charge in [-0.1, -0.05) is 0 Å². The average Bonchev–Trinajstić information content (AvgIpc) is 2.52. The van der Waals surface area contributed by atoms with E-state index in [-0.39, 0.29) is 24.2 Å². The maximum atomic E-state index is 12.0. The molecule has 0 saturated carbocycles. The van der Waals surface area contributed by atoms with Crippen LogP contribution in [0.1, 0.15) is 53.4 Å². The van der Waals surface area contributed by atoms with E-state index in [0.717, 1.165) is 25.5 Å². The largest absolute Gasteiger partial charge is 0.382 e.